The maximum absolute atomic E-state index is 5.81. The van der Waals surface area contributed by atoms with Crippen LogP contribution in [0.4, 0.5) is 0 Å². The molecule has 0 aromatic heterocycles. The molecule has 0 aromatic rings. The molecule has 0 heterocycles. The predicted molar refractivity (Wildman–Crippen MR) is 132 cm³/mol. The van der Waals surface area contributed by atoms with Gasteiger partial charge >= 0.3 is 0 Å². The smallest absolute Gasteiger partial charge is 0.0575 e. The van der Waals surface area contributed by atoms with Crippen LogP contribution in [-0.2, 0) is 4.74 Å². The molecule has 1 nitrogen and oxygen atoms in total. The van der Waals surface area contributed by atoms with Crippen LogP contribution in [-0.4, -0.2) is 12.7 Å². The number of terminal acetylenes is 1. The molecule has 0 aromatic carbocycles. The maximum Gasteiger partial charge on any atom is 0.0575 e. The van der Waals surface area contributed by atoms with Crippen molar-refractivity contribution >= 4 is 0 Å². The lowest BCUT2D eigenvalue weighted by atomic mass is 9.65. The Morgan fingerprint density at radius 3 is 1.42 bits per heavy atom. The summed E-state index contributed by atoms with van der Waals surface area (Å²) in [5.41, 5.74) is 0. The summed E-state index contributed by atoms with van der Waals surface area (Å²) in [6, 6.07) is 0. The molecule has 174 valence electrons. The van der Waals surface area contributed by atoms with E-state index in [9.17, 15) is 0 Å². The molecular weight excluding hydrogens is 376 g/mol. The van der Waals surface area contributed by atoms with Gasteiger partial charge in [-0.05, 0) is 145 Å². The van der Waals surface area contributed by atoms with Crippen molar-refractivity contribution in [3.63, 3.8) is 0 Å². The van der Waals surface area contributed by atoms with Crippen molar-refractivity contribution in [2.75, 3.05) is 6.61 Å². The molecule has 0 spiro atoms. The van der Waals surface area contributed by atoms with Crippen molar-refractivity contribution < 1.29 is 4.74 Å². The van der Waals surface area contributed by atoms with Gasteiger partial charge in [0.25, 0.3) is 0 Å². The van der Waals surface area contributed by atoms with E-state index in [2.05, 4.69) is 25.0 Å². The summed E-state index contributed by atoms with van der Waals surface area (Å²) in [7, 11) is 0. The van der Waals surface area contributed by atoms with E-state index in [1.807, 2.05) is 0 Å². The van der Waals surface area contributed by atoms with Crippen LogP contribution in [0.25, 0.3) is 0 Å². The van der Waals surface area contributed by atoms with Crippen LogP contribution in [0.3, 0.4) is 0 Å². The highest BCUT2D eigenvalue weighted by Crippen LogP contribution is 2.46. The Hall–Kier alpha value is -0.740. The van der Waals surface area contributed by atoms with Crippen LogP contribution in [0.5, 0.6) is 0 Å². The second kappa shape index (κ2) is 11.9. The number of rotatable bonds is 6. The molecule has 0 N–H and O–H groups in total. The third kappa shape index (κ3) is 6.63. The monoisotopic (exact) mass is 424 g/mol. The molecule has 0 saturated heterocycles. The lowest BCUT2D eigenvalue weighted by Gasteiger charge is -2.41. The first-order chi connectivity index (χ1) is 15.2. The van der Waals surface area contributed by atoms with Crippen molar-refractivity contribution in [3.8, 4) is 12.3 Å². The molecule has 4 saturated carbocycles. The molecule has 4 aliphatic rings. The van der Waals surface area contributed by atoms with Crippen LogP contribution in [0.15, 0.2) is 12.2 Å². The number of hydrogen-bond acceptors (Lipinski definition) is 1. The van der Waals surface area contributed by atoms with Gasteiger partial charge in [-0.2, -0.15) is 0 Å². The highest BCUT2D eigenvalue weighted by Gasteiger charge is 2.34. The van der Waals surface area contributed by atoms with E-state index < -0.39 is 0 Å². The summed E-state index contributed by atoms with van der Waals surface area (Å²) in [5, 5.41) is 0. The molecule has 0 atom stereocenters. The predicted octanol–water partition coefficient (Wildman–Crippen LogP) is 8.19. The highest BCUT2D eigenvalue weighted by molar-refractivity contribution is 4.98. The van der Waals surface area contributed by atoms with Gasteiger partial charge in [0.2, 0.25) is 0 Å². The molecule has 31 heavy (non-hydrogen) atoms. The first-order valence-corrected chi connectivity index (χ1v) is 14.0. The van der Waals surface area contributed by atoms with Gasteiger partial charge in [0.1, 0.15) is 0 Å². The SMILES string of the molecule is C#CC1CCC(C2CCC(C3CCC(/C=C/C4CCC(OCC)CC4)CC3)CC2)CC1. The molecule has 4 rings (SSSR count). The maximum atomic E-state index is 5.81. The van der Waals surface area contributed by atoms with Gasteiger partial charge in [-0.15, -0.1) is 12.3 Å². The topological polar surface area (TPSA) is 9.23 Å². The number of hydrogen-bond donors (Lipinski definition) is 0. The standard InChI is InChI=1S/C30H48O/c1-3-23-7-13-26(14-8-23)28-17-19-29(20-18-28)27-15-9-24(10-16-27)5-6-25-11-21-30(22-12-25)31-4-2/h1,5-6,23-30H,4,7-22H2,2H3/b6-5+. The van der Waals surface area contributed by atoms with E-state index in [-0.39, 0.29) is 0 Å². The number of ether oxygens (including phenoxy) is 1. The molecule has 1 heteroatoms. The van der Waals surface area contributed by atoms with Crippen molar-refractivity contribution in [1.29, 1.82) is 0 Å². The highest BCUT2D eigenvalue weighted by atomic mass is 16.5. The van der Waals surface area contributed by atoms with Gasteiger partial charge in [0.05, 0.1) is 6.10 Å². The van der Waals surface area contributed by atoms with E-state index in [1.165, 1.54) is 103 Å². The van der Waals surface area contributed by atoms with Crippen LogP contribution in [0.1, 0.15) is 110 Å². The largest absolute Gasteiger partial charge is 0.379 e. The van der Waals surface area contributed by atoms with E-state index in [0.29, 0.717) is 12.0 Å². The summed E-state index contributed by atoms with van der Waals surface area (Å²) < 4.78 is 5.81. The third-order valence-electron chi connectivity index (χ3n) is 9.75. The third-order valence-corrected chi connectivity index (χ3v) is 9.75. The van der Waals surface area contributed by atoms with Crippen molar-refractivity contribution in [3.05, 3.63) is 12.2 Å². The van der Waals surface area contributed by atoms with Gasteiger partial charge < -0.3 is 4.74 Å². The average molecular weight is 425 g/mol. The first-order valence-electron chi connectivity index (χ1n) is 14.0. The van der Waals surface area contributed by atoms with Crippen LogP contribution >= 0.6 is 0 Å². The quantitative estimate of drug-likeness (QED) is 0.308. The molecule has 0 radical (unpaired) electrons. The molecule has 4 aliphatic carbocycles. The van der Waals surface area contributed by atoms with Crippen LogP contribution < -0.4 is 0 Å². The Labute approximate surface area is 193 Å². The molecule has 0 aliphatic heterocycles. The molecule has 0 amide bonds. The summed E-state index contributed by atoms with van der Waals surface area (Å²) in [6.45, 7) is 3.00. The Bertz CT molecular complexity index is 568. The Morgan fingerprint density at radius 2 is 1.00 bits per heavy atom. The zero-order valence-corrected chi connectivity index (χ0v) is 20.3. The molecular formula is C30H48O. The Morgan fingerprint density at radius 1 is 0.613 bits per heavy atom. The average Bonchev–Trinajstić information content (AvgIpc) is 2.84. The van der Waals surface area contributed by atoms with Gasteiger partial charge in [-0.3, -0.25) is 0 Å². The fourth-order valence-corrected chi connectivity index (χ4v) is 7.65. The van der Waals surface area contributed by atoms with E-state index in [1.54, 1.807) is 0 Å². The van der Waals surface area contributed by atoms with Crippen LogP contribution in [0, 0.1) is 53.8 Å². The second-order valence-electron chi connectivity index (χ2n) is 11.5. The number of allylic oxidation sites excluding steroid dienone is 2. The normalized spacial score (nSPS) is 42.3. The van der Waals surface area contributed by atoms with Crippen LogP contribution in [0.2, 0.25) is 0 Å². The molecule has 4 fully saturated rings. The summed E-state index contributed by atoms with van der Waals surface area (Å²) in [5.74, 6) is 9.36. The van der Waals surface area contributed by atoms with Gasteiger partial charge in [0, 0.05) is 12.5 Å². The van der Waals surface area contributed by atoms with Gasteiger partial charge in [-0.1, -0.05) is 12.2 Å². The van der Waals surface area contributed by atoms with Crippen molar-refractivity contribution in [1.82, 2.24) is 0 Å². The minimum Gasteiger partial charge on any atom is -0.379 e. The van der Waals surface area contributed by atoms with Gasteiger partial charge in [0.15, 0.2) is 0 Å². The lowest BCUT2D eigenvalue weighted by molar-refractivity contribution is 0.0302. The van der Waals surface area contributed by atoms with Crippen molar-refractivity contribution in [2.45, 2.75) is 116 Å². The molecule has 0 bridgehead atoms. The zero-order valence-electron chi connectivity index (χ0n) is 20.3. The minimum absolute atomic E-state index is 0.540. The summed E-state index contributed by atoms with van der Waals surface area (Å²) in [6.07, 6.45) is 34.0. The Kier molecular flexibility index (Phi) is 9.01. The lowest BCUT2D eigenvalue weighted by Crippen LogP contribution is -2.29. The first kappa shape index (κ1) is 23.4. The summed E-state index contributed by atoms with van der Waals surface area (Å²) in [4.78, 5) is 0. The van der Waals surface area contributed by atoms with Crippen molar-refractivity contribution in [2.24, 2.45) is 41.4 Å². The van der Waals surface area contributed by atoms with E-state index >= 15 is 0 Å². The van der Waals surface area contributed by atoms with E-state index in [4.69, 9.17) is 11.2 Å². The fourth-order valence-electron chi connectivity index (χ4n) is 7.65. The van der Waals surface area contributed by atoms with Gasteiger partial charge in [-0.25, -0.2) is 0 Å². The summed E-state index contributed by atoms with van der Waals surface area (Å²) >= 11 is 0. The van der Waals surface area contributed by atoms with E-state index in [0.717, 1.165) is 42.1 Å². The second-order valence-corrected chi connectivity index (χ2v) is 11.5. The zero-order chi connectivity index (χ0) is 21.5. The fraction of sp³-hybridized carbons (Fsp3) is 0.867. The molecule has 0 unspecified atom stereocenters. The minimum atomic E-state index is 0.540. The Balaban J connectivity index is 1.12.